The van der Waals surface area contributed by atoms with E-state index in [0.717, 1.165) is 24.6 Å². The number of piperidine rings is 1. The Labute approximate surface area is 205 Å². The molecule has 34 heavy (non-hydrogen) atoms. The smallest absolute Gasteiger partial charge is 0.258 e. The molecule has 1 aliphatic rings. The first-order valence-electron chi connectivity index (χ1n) is 11.3. The van der Waals surface area contributed by atoms with Gasteiger partial charge < -0.3 is 0 Å². The minimum Gasteiger partial charge on any atom is -0.294 e. The largest absolute Gasteiger partial charge is 0.294 e. The molecule has 1 aromatic carbocycles. The fourth-order valence-electron chi connectivity index (χ4n) is 4.29. The van der Waals surface area contributed by atoms with Gasteiger partial charge in [-0.3, -0.25) is 18.7 Å². The summed E-state index contributed by atoms with van der Waals surface area (Å²) in [5, 5.41) is 10.1. The third-order valence-corrected chi connectivity index (χ3v) is 7.27. The summed E-state index contributed by atoms with van der Waals surface area (Å²) in [5.74, 6) is 0.959. The third kappa shape index (κ3) is 4.73. The first kappa shape index (κ1) is 23.0. The van der Waals surface area contributed by atoms with Crippen LogP contribution in [0.25, 0.3) is 11.3 Å². The minimum absolute atomic E-state index is 0.0698. The van der Waals surface area contributed by atoms with Crippen molar-refractivity contribution in [2.75, 3.05) is 13.1 Å². The maximum absolute atomic E-state index is 13.6. The molecule has 0 aliphatic carbocycles. The van der Waals surface area contributed by atoms with Crippen molar-refractivity contribution < 1.29 is 4.39 Å². The lowest BCUT2D eigenvalue weighted by molar-refractivity contribution is 0.167. The minimum atomic E-state index is -0.294. The maximum atomic E-state index is 13.6. The van der Waals surface area contributed by atoms with Crippen molar-refractivity contribution in [2.24, 2.45) is 0 Å². The SMILES string of the molecule is C[C@H](c1nnc(SCc2cc(=O)n3cc(Cl)ccc3n2)n1-c1ccc(F)cc1)N1CCCCC1. The third-order valence-electron chi connectivity index (χ3n) is 6.08. The van der Waals surface area contributed by atoms with Crippen molar-refractivity contribution in [3.63, 3.8) is 0 Å². The second-order valence-electron chi connectivity index (χ2n) is 8.38. The number of rotatable bonds is 6. The molecule has 7 nitrogen and oxygen atoms in total. The van der Waals surface area contributed by atoms with Gasteiger partial charge >= 0.3 is 0 Å². The molecular weight excluding hydrogens is 475 g/mol. The monoisotopic (exact) mass is 498 g/mol. The van der Waals surface area contributed by atoms with E-state index in [4.69, 9.17) is 11.6 Å². The van der Waals surface area contributed by atoms with Crippen LogP contribution < -0.4 is 5.56 Å². The van der Waals surface area contributed by atoms with Gasteiger partial charge in [0, 0.05) is 23.7 Å². The Hall–Kier alpha value is -2.75. The maximum Gasteiger partial charge on any atom is 0.258 e. The number of benzene rings is 1. The molecule has 0 unspecified atom stereocenters. The Bertz CT molecular complexity index is 1370. The van der Waals surface area contributed by atoms with E-state index in [1.54, 1.807) is 30.5 Å². The van der Waals surface area contributed by atoms with E-state index in [1.807, 2.05) is 4.57 Å². The molecule has 0 radical (unpaired) electrons. The van der Waals surface area contributed by atoms with Gasteiger partial charge in [-0.25, -0.2) is 9.37 Å². The summed E-state index contributed by atoms with van der Waals surface area (Å²) in [6.45, 7) is 4.19. The average Bonchev–Trinajstić information content (AvgIpc) is 3.27. The van der Waals surface area contributed by atoms with Gasteiger partial charge in [-0.15, -0.1) is 10.2 Å². The topological polar surface area (TPSA) is 68.3 Å². The van der Waals surface area contributed by atoms with Crippen LogP contribution in [0.2, 0.25) is 5.02 Å². The molecule has 0 saturated carbocycles. The highest BCUT2D eigenvalue weighted by Crippen LogP contribution is 2.30. The molecule has 0 spiro atoms. The van der Waals surface area contributed by atoms with Gasteiger partial charge in [0.25, 0.3) is 5.56 Å². The lowest BCUT2D eigenvalue weighted by Gasteiger charge is -2.31. The van der Waals surface area contributed by atoms with Crippen molar-refractivity contribution in [3.05, 3.63) is 81.4 Å². The van der Waals surface area contributed by atoms with E-state index in [2.05, 4.69) is 27.0 Å². The molecule has 5 rings (SSSR count). The van der Waals surface area contributed by atoms with E-state index in [1.165, 1.54) is 53.6 Å². The Balaban J connectivity index is 1.47. The molecule has 0 amide bonds. The van der Waals surface area contributed by atoms with Gasteiger partial charge in [-0.05, 0) is 69.3 Å². The first-order valence-corrected chi connectivity index (χ1v) is 12.6. The van der Waals surface area contributed by atoms with E-state index in [-0.39, 0.29) is 17.4 Å². The summed E-state index contributed by atoms with van der Waals surface area (Å²) in [6.07, 6.45) is 5.15. The predicted octanol–water partition coefficient (Wildman–Crippen LogP) is 4.91. The summed E-state index contributed by atoms with van der Waals surface area (Å²) >= 11 is 7.45. The number of likely N-dealkylation sites (tertiary alicyclic amines) is 1. The molecule has 10 heteroatoms. The Kier molecular flexibility index (Phi) is 6.67. The molecule has 176 valence electrons. The van der Waals surface area contributed by atoms with Gasteiger partial charge in [0.2, 0.25) is 0 Å². The standard InChI is InChI=1S/C24H24ClFN6OS/c1-16(30-11-3-2-4-12-30)23-28-29-24(32(23)20-8-6-18(26)7-9-20)34-15-19-13-22(33)31-14-17(25)5-10-21(31)27-19/h5-10,13-14,16H,2-4,11-12,15H2,1H3/t16-/m1/s1. The van der Waals surface area contributed by atoms with Gasteiger partial charge in [-0.2, -0.15) is 0 Å². The molecule has 0 N–H and O–H groups in total. The second kappa shape index (κ2) is 9.85. The number of nitrogens with zero attached hydrogens (tertiary/aromatic N) is 6. The quantitative estimate of drug-likeness (QED) is 0.352. The van der Waals surface area contributed by atoms with Crippen molar-refractivity contribution in [1.82, 2.24) is 29.0 Å². The lowest BCUT2D eigenvalue weighted by Crippen LogP contribution is -2.33. The van der Waals surface area contributed by atoms with Crippen molar-refractivity contribution in [1.29, 1.82) is 0 Å². The first-order chi connectivity index (χ1) is 16.5. The molecule has 1 fully saturated rings. The van der Waals surface area contributed by atoms with E-state index in [9.17, 15) is 9.18 Å². The summed E-state index contributed by atoms with van der Waals surface area (Å²) in [7, 11) is 0. The molecule has 1 aliphatic heterocycles. The van der Waals surface area contributed by atoms with Gasteiger partial charge in [0.1, 0.15) is 11.5 Å². The molecule has 4 aromatic rings. The fraction of sp³-hybridized carbons (Fsp3) is 0.333. The fourth-order valence-corrected chi connectivity index (χ4v) is 5.30. The number of hydrogen-bond donors (Lipinski definition) is 0. The van der Waals surface area contributed by atoms with Crippen LogP contribution in [0.15, 0.2) is 58.6 Å². The molecule has 3 aromatic heterocycles. The van der Waals surface area contributed by atoms with Crippen LogP contribution in [0.1, 0.15) is 43.7 Å². The summed E-state index contributed by atoms with van der Waals surface area (Å²) in [6, 6.07) is 11.4. The summed E-state index contributed by atoms with van der Waals surface area (Å²) in [4.78, 5) is 19.5. The second-order valence-corrected chi connectivity index (χ2v) is 9.75. The highest BCUT2D eigenvalue weighted by molar-refractivity contribution is 7.98. The molecule has 0 bridgehead atoms. The highest BCUT2D eigenvalue weighted by atomic mass is 35.5. The normalized spacial score (nSPS) is 15.6. The van der Waals surface area contributed by atoms with E-state index in [0.29, 0.717) is 27.3 Å². The van der Waals surface area contributed by atoms with Crippen LogP contribution >= 0.6 is 23.4 Å². The highest BCUT2D eigenvalue weighted by Gasteiger charge is 2.25. The number of hydrogen-bond acceptors (Lipinski definition) is 6. The summed E-state index contributed by atoms with van der Waals surface area (Å²) in [5.41, 5.74) is 1.78. The number of thioether (sulfide) groups is 1. The van der Waals surface area contributed by atoms with Gasteiger partial charge in [0.15, 0.2) is 11.0 Å². The lowest BCUT2D eigenvalue weighted by atomic mass is 10.1. The Morgan fingerprint density at radius 3 is 2.62 bits per heavy atom. The zero-order valence-electron chi connectivity index (χ0n) is 18.7. The number of pyridine rings is 1. The van der Waals surface area contributed by atoms with Crippen LogP contribution in [0.4, 0.5) is 4.39 Å². The van der Waals surface area contributed by atoms with Crippen LogP contribution in [-0.2, 0) is 5.75 Å². The Morgan fingerprint density at radius 1 is 1.09 bits per heavy atom. The van der Waals surface area contributed by atoms with Crippen LogP contribution in [-0.4, -0.2) is 42.1 Å². The predicted molar refractivity (Wildman–Crippen MR) is 131 cm³/mol. The number of halogens is 2. The zero-order chi connectivity index (χ0) is 23.7. The van der Waals surface area contributed by atoms with Crippen molar-refractivity contribution >= 4 is 29.0 Å². The molecule has 4 heterocycles. The van der Waals surface area contributed by atoms with Crippen molar-refractivity contribution in [2.45, 2.75) is 43.1 Å². The average molecular weight is 499 g/mol. The van der Waals surface area contributed by atoms with Crippen LogP contribution in [0, 0.1) is 5.82 Å². The van der Waals surface area contributed by atoms with Crippen molar-refractivity contribution in [3.8, 4) is 5.69 Å². The summed E-state index contributed by atoms with van der Waals surface area (Å²) < 4.78 is 17.0. The Morgan fingerprint density at radius 2 is 1.85 bits per heavy atom. The van der Waals surface area contributed by atoms with Gasteiger partial charge in [0.05, 0.1) is 16.8 Å². The number of fused-ring (bicyclic) bond motifs is 1. The zero-order valence-corrected chi connectivity index (χ0v) is 20.3. The molecule has 1 atom stereocenters. The molecule has 1 saturated heterocycles. The van der Waals surface area contributed by atoms with Gasteiger partial charge in [-0.1, -0.05) is 29.8 Å². The molecular formula is C24H24ClFN6OS. The van der Waals surface area contributed by atoms with E-state index >= 15 is 0 Å². The number of aromatic nitrogens is 5. The van der Waals surface area contributed by atoms with Crippen LogP contribution in [0.3, 0.4) is 0 Å². The van der Waals surface area contributed by atoms with Crippen LogP contribution in [0.5, 0.6) is 0 Å². The van der Waals surface area contributed by atoms with E-state index < -0.39 is 0 Å².